The van der Waals surface area contributed by atoms with Gasteiger partial charge in [0.2, 0.25) is 11.8 Å². The molecule has 1 heterocycles. The van der Waals surface area contributed by atoms with Gasteiger partial charge in [0.05, 0.1) is 18.8 Å². The lowest BCUT2D eigenvalue weighted by Crippen LogP contribution is -2.37. The van der Waals surface area contributed by atoms with Gasteiger partial charge in [-0.15, -0.1) is 0 Å². The van der Waals surface area contributed by atoms with Crippen LogP contribution in [0.15, 0.2) is 36.4 Å². The van der Waals surface area contributed by atoms with Crippen molar-refractivity contribution in [3.63, 3.8) is 0 Å². The lowest BCUT2D eigenvalue weighted by Gasteiger charge is -2.21. The van der Waals surface area contributed by atoms with E-state index < -0.39 is 29.0 Å². The highest BCUT2D eigenvalue weighted by atomic mass is 19.2. The van der Waals surface area contributed by atoms with E-state index in [-0.39, 0.29) is 24.8 Å². The first-order chi connectivity index (χ1) is 15.3. The summed E-state index contributed by atoms with van der Waals surface area (Å²) in [6.45, 7) is 2.69. The van der Waals surface area contributed by atoms with Crippen molar-refractivity contribution in [1.29, 1.82) is 0 Å². The standard InChI is InChI=1S/C23H24F3N3O3/c1-2-11-28(14-20(31)27-18-10-9-17(24)22(25)23(18)26)13-19(30)15-5-7-16(8-6-15)29-12-3-4-21(29)32/h5-10H,2-4,11-14H2,1H3,(H,27,31). The van der Waals surface area contributed by atoms with Crippen molar-refractivity contribution in [3.05, 3.63) is 59.4 Å². The van der Waals surface area contributed by atoms with E-state index in [9.17, 15) is 27.6 Å². The lowest BCUT2D eigenvalue weighted by molar-refractivity contribution is -0.118. The number of benzene rings is 2. The second kappa shape index (κ2) is 10.4. The van der Waals surface area contributed by atoms with E-state index in [1.807, 2.05) is 6.92 Å². The van der Waals surface area contributed by atoms with Gasteiger partial charge >= 0.3 is 0 Å². The Morgan fingerprint density at radius 2 is 1.75 bits per heavy atom. The third-order valence-electron chi connectivity index (χ3n) is 5.16. The van der Waals surface area contributed by atoms with Crippen LogP contribution in [-0.4, -0.2) is 48.7 Å². The Kier molecular flexibility index (Phi) is 7.63. The number of ketones is 1. The number of carbonyl (C=O) groups is 3. The number of anilines is 2. The van der Waals surface area contributed by atoms with Gasteiger partial charge in [-0.1, -0.05) is 6.92 Å². The van der Waals surface area contributed by atoms with Crippen molar-refractivity contribution in [2.45, 2.75) is 26.2 Å². The van der Waals surface area contributed by atoms with E-state index in [2.05, 4.69) is 5.32 Å². The molecular formula is C23H24F3N3O3. The fraction of sp³-hybridized carbons (Fsp3) is 0.348. The highest BCUT2D eigenvalue weighted by Gasteiger charge is 2.22. The predicted octanol–water partition coefficient (Wildman–Crippen LogP) is 3.76. The van der Waals surface area contributed by atoms with E-state index >= 15 is 0 Å². The first-order valence-electron chi connectivity index (χ1n) is 10.4. The number of rotatable bonds is 9. The van der Waals surface area contributed by atoms with Gasteiger partial charge in [0.1, 0.15) is 0 Å². The second-order valence-electron chi connectivity index (χ2n) is 7.60. The number of nitrogens with zero attached hydrogens (tertiary/aromatic N) is 2. The third kappa shape index (κ3) is 5.53. The van der Waals surface area contributed by atoms with Crippen molar-refractivity contribution in [2.75, 3.05) is 36.4 Å². The molecule has 2 aromatic carbocycles. The van der Waals surface area contributed by atoms with E-state index in [1.165, 1.54) is 0 Å². The summed E-state index contributed by atoms with van der Waals surface area (Å²) in [4.78, 5) is 40.1. The summed E-state index contributed by atoms with van der Waals surface area (Å²) in [5.74, 6) is -5.31. The Labute approximate surface area is 184 Å². The molecule has 170 valence electrons. The number of nitrogens with one attached hydrogen (secondary N) is 1. The number of Topliss-reactive ketones (excluding diaryl/α,β-unsaturated/α-hetero) is 1. The molecule has 0 aliphatic carbocycles. The zero-order chi connectivity index (χ0) is 23.3. The molecule has 3 rings (SSSR count). The van der Waals surface area contributed by atoms with Gasteiger partial charge in [-0.05, 0) is 55.8 Å². The number of amides is 2. The van der Waals surface area contributed by atoms with Crippen molar-refractivity contribution >= 4 is 29.0 Å². The van der Waals surface area contributed by atoms with Crippen molar-refractivity contribution in [1.82, 2.24) is 4.90 Å². The summed E-state index contributed by atoms with van der Waals surface area (Å²) in [5, 5.41) is 2.21. The molecule has 0 unspecified atom stereocenters. The van der Waals surface area contributed by atoms with Gasteiger partial charge in [-0.3, -0.25) is 19.3 Å². The average molecular weight is 447 g/mol. The zero-order valence-corrected chi connectivity index (χ0v) is 17.7. The summed E-state index contributed by atoms with van der Waals surface area (Å²) in [6, 6.07) is 8.39. The third-order valence-corrected chi connectivity index (χ3v) is 5.16. The van der Waals surface area contributed by atoms with Crippen LogP contribution in [0, 0.1) is 17.5 Å². The van der Waals surface area contributed by atoms with Crippen molar-refractivity contribution in [2.24, 2.45) is 0 Å². The highest BCUT2D eigenvalue weighted by molar-refractivity contribution is 6.00. The Hall–Kier alpha value is -3.20. The van der Waals surface area contributed by atoms with E-state index in [1.54, 1.807) is 34.1 Å². The molecule has 0 bridgehead atoms. The van der Waals surface area contributed by atoms with Gasteiger partial charge in [0.25, 0.3) is 0 Å². The molecule has 1 N–H and O–H groups in total. The molecule has 1 aliphatic heterocycles. The van der Waals surface area contributed by atoms with Crippen LogP contribution in [0.3, 0.4) is 0 Å². The summed E-state index contributed by atoms with van der Waals surface area (Å²) in [7, 11) is 0. The molecule has 2 aromatic rings. The summed E-state index contributed by atoms with van der Waals surface area (Å²) < 4.78 is 40.2. The van der Waals surface area contributed by atoms with Gasteiger partial charge in [0.15, 0.2) is 23.2 Å². The predicted molar refractivity (Wildman–Crippen MR) is 114 cm³/mol. The maximum absolute atomic E-state index is 13.8. The molecule has 0 spiro atoms. The molecule has 9 heteroatoms. The van der Waals surface area contributed by atoms with Crippen LogP contribution in [0.1, 0.15) is 36.5 Å². The molecule has 0 aromatic heterocycles. The average Bonchev–Trinajstić information content (AvgIpc) is 3.20. The minimum absolute atomic E-state index is 0.0521. The van der Waals surface area contributed by atoms with Gasteiger partial charge in [0, 0.05) is 24.2 Å². The van der Waals surface area contributed by atoms with E-state index in [0.29, 0.717) is 31.5 Å². The lowest BCUT2D eigenvalue weighted by atomic mass is 10.1. The fourth-order valence-electron chi connectivity index (χ4n) is 3.59. The SMILES string of the molecule is CCCN(CC(=O)Nc1ccc(F)c(F)c1F)CC(=O)c1ccc(N2CCCC2=O)cc1. The maximum atomic E-state index is 13.8. The van der Waals surface area contributed by atoms with Gasteiger partial charge in [-0.25, -0.2) is 13.2 Å². The molecule has 0 atom stereocenters. The molecule has 1 saturated heterocycles. The number of halogens is 3. The normalized spacial score (nSPS) is 13.7. The zero-order valence-electron chi connectivity index (χ0n) is 17.7. The molecule has 1 aliphatic rings. The fourth-order valence-corrected chi connectivity index (χ4v) is 3.59. The van der Waals surface area contributed by atoms with Crippen LogP contribution < -0.4 is 10.2 Å². The Morgan fingerprint density at radius 3 is 2.38 bits per heavy atom. The van der Waals surface area contributed by atoms with Crippen LogP contribution in [0.2, 0.25) is 0 Å². The summed E-state index contributed by atoms with van der Waals surface area (Å²) in [6.07, 6.45) is 1.99. The first-order valence-corrected chi connectivity index (χ1v) is 10.4. The Bertz CT molecular complexity index is 1010. The largest absolute Gasteiger partial charge is 0.322 e. The molecule has 0 saturated carbocycles. The Balaban J connectivity index is 1.61. The molecular weight excluding hydrogens is 423 g/mol. The quantitative estimate of drug-likeness (QED) is 0.470. The monoisotopic (exact) mass is 447 g/mol. The summed E-state index contributed by atoms with van der Waals surface area (Å²) >= 11 is 0. The van der Waals surface area contributed by atoms with Crippen LogP contribution in [-0.2, 0) is 9.59 Å². The van der Waals surface area contributed by atoms with Crippen LogP contribution in [0.4, 0.5) is 24.5 Å². The summed E-state index contributed by atoms with van der Waals surface area (Å²) in [5.41, 5.74) is 0.708. The molecule has 0 radical (unpaired) electrons. The number of hydrogen-bond donors (Lipinski definition) is 1. The van der Waals surface area contributed by atoms with Crippen LogP contribution >= 0.6 is 0 Å². The second-order valence-corrected chi connectivity index (χ2v) is 7.60. The topological polar surface area (TPSA) is 69.7 Å². The van der Waals surface area contributed by atoms with Crippen molar-refractivity contribution in [3.8, 4) is 0 Å². The molecule has 2 amide bonds. The van der Waals surface area contributed by atoms with Gasteiger partial charge < -0.3 is 10.2 Å². The Morgan fingerprint density at radius 1 is 1.03 bits per heavy atom. The maximum Gasteiger partial charge on any atom is 0.238 e. The minimum atomic E-state index is -1.66. The minimum Gasteiger partial charge on any atom is -0.322 e. The van der Waals surface area contributed by atoms with Crippen molar-refractivity contribution < 1.29 is 27.6 Å². The van der Waals surface area contributed by atoms with Gasteiger partial charge in [-0.2, -0.15) is 0 Å². The van der Waals surface area contributed by atoms with Crippen LogP contribution in [0.5, 0.6) is 0 Å². The van der Waals surface area contributed by atoms with Crippen LogP contribution in [0.25, 0.3) is 0 Å². The first kappa shape index (κ1) is 23.5. The molecule has 6 nitrogen and oxygen atoms in total. The van der Waals surface area contributed by atoms with E-state index in [4.69, 9.17) is 0 Å². The highest BCUT2D eigenvalue weighted by Crippen LogP contribution is 2.22. The molecule has 32 heavy (non-hydrogen) atoms. The smallest absolute Gasteiger partial charge is 0.238 e. The number of carbonyl (C=O) groups excluding carboxylic acids is 3. The van der Waals surface area contributed by atoms with E-state index in [0.717, 1.165) is 24.2 Å². The molecule has 1 fully saturated rings. The number of hydrogen-bond acceptors (Lipinski definition) is 4.